The highest BCUT2D eigenvalue weighted by Crippen LogP contribution is 2.11. The van der Waals surface area contributed by atoms with Crippen LogP contribution in [0.5, 0.6) is 0 Å². The van der Waals surface area contributed by atoms with Gasteiger partial charge in [-0.25, -0.2) is 0 Å². The van der Waals surface area contributed by atoms with Crippen molar-refractivity contribution >= 4 is 5.91 Å². The molecule has 13 heavy (non-hydrogen) atoms. The van der Waals surface area contributed by atoms with Crippen LogP contribution in [0.3, 0.4) is 0 Å². The number of carbonyl (C=O) groups excluding carboxylic acids is 1. The molecular formula is C10H18N2O. The zero-order valence-corrected chi connectivity index (χ0v) is 8.39. The largest absolute Gasteiger partial charge is 0.369 e. The predicted octanol–water partition coefficient (Wildman–Crippen LogP) is 0.501. The first-order valence-corrected chi connectivity index (χ1v) is 4.45. The third-order valence-electron chi connectivity index (χ3n) is 1.91. The molecule has 0 aromatic rings. The molecule has 0 unspecified atom stereocenters. The van der Waals surface area contributed by atoms with Crippen LogP contribution < -0.4 is 11.1 Å². The Hall–Kier alpha value is -1.01. The molecule has 74 valence electrons. The lowest BCUT2D eigenvalue weighted by molar-refractivity contribution is -0.125. The summed E-state index contributed by atoms with van der Waals surface area (Å²) in [6.07, 6.45) is 6.80. The molecule has 0 aromatic carbocycles. The minimum atomic E-state index is -0.476. The number of hydrogen-bond acceptors (Lipinski definition) is 2. The van der Waals surface area contributed by atoms with Crippen LogP contribution in [0.1, 0.15) is 26.7 Å². The fraction of sp³-hybridized carbons (Fsp3) is 0.700. The molecule has 0 fully saturated rings. The molecule has 3 heteroatoms. The van der Waals surface area contributed by atoms with Crippen LogP contribution in [0.25, 0.3) is 0 Å². The summed E-state index contributed by atoms with van der Waals surface area (Å²) in [5, 5.41) is 3.15. The summed E-state index contributed by atoms with van der Waals surface area (Å²) in [6, 6.07) is 0. The van der Waals surface area contributed by atoms with E-state index in [-0.39, 0.29) is 5.91 Å². The lowest BCUT2D eigenvalue weighted by Crippen LogP contribution is -2.40. The quantitative estimate of drug-likeness (QED) is 0.464. The molecule has 0 atom stereocenters. The van der Waals surface area contributed by atoms with Crippen molar-refractivity contribution < 1.29 is 4.79 Å². The zero-order chi connectivity index (χ0) is 10.3. The first-order chi connectivity index (χ1) is 6.00. The van der Waals surface area contributed by atoms with E-state index in [1.807, 2.05) is 13.8 Å². The van der Waals surface area contributed by atoms with Crippen LogP contribution in [0, 0.1) is 17.8 Å². The van der Waals surface area contributed by atoms with Gasteiger partial charge in [0.05, 0.1) is 5.41 Å². The topological polar surface area (TPSA) is 55.1 Å². The van der Waals surface area contributed by atoms with E-state index in [1.165, 1.54) is 0 Å². The normalized spacial score (nSPS) is 10.8. The smallest absolute Gasteiger partial charge is 0.224 e. The molecule has 0 spiro atoms. The highest BCUT2D eigenvalue weighted by atomic mass is 16.1. The lowest BCUT2D eigenvalue weighted by Gasteiger charge is -2.20. The van der Waals surface area contributed by atoms with Crippen molar-refractivity contribution in [1.29, 1.82) is 0 Å². The molecule has 0 heterocycles. The van der Waals surface area contributed by atoms with Crippen LogP contribution in [0.4, 0.5) is 0 Å². The highest BCUT2D eigenvalue weighted by Gasteiger charge is 2.23. The number of amides is 1. The van der Waals surface area contributed by atoms with E-state index in [2.05, 4.69) is 11.2 Å². The summed E-state index contributed by atoms with van der Waals surface area (Å²) >= 11 is 0. The van der Waals surface area contributed by atoms with E-state index in [9.17, 15) is 4.79 Å². The van der Waals surface area contributed by atoms with Crippen LogP contribution in [-0.4, -0.2) is 19.0 Å². The van der Waals surface area contributed by atoms with Crippen molar-refractivity contribution in [3.05, 3.63) is 0 Å². The number of unbranched alkanes of at least 4 members (excludes halogenated alkanes) is 1. The monoisotopic (exact) mass is 182 g/mol. The summed E-state index contributed by atoms with van der Waals surface area (Å²) in [6.45, 7) is 5.08. The number of carbonyl (C=O) groups is 1. The summed E-state index contributed by atoms with van der Waals surface area (Å²) in [5.41, 5.74) is 4.72. The van der Waals surface area contributed by atoms with Gasteiger partial charge in [-0.2, -0.15) is 0 Å². The van der Waals surface area contributed by atoms with Crippen LogP contribution in [0.2, 0.25) is 0 Å². The fourth-order valence-corrected chi connectivity index (χ4v) is 0.803. The minimum Gasteiger partial charge on any atom is -0.369 e. The molecule has 3 nitrogen and oxygen atoms in total. The van der Waals surface area contributed by atoms with E-state index in [1.54, 1.807) is 0 Å². The zero-order valence-electron chi connectivity index (χ0n) is 8.39. The van der Waals surface area contributed by atoms with Crippen LogP contribution >= 0.6 is 0 Å². The second-order valence-electron chi connectivity index (χ2n) is 3.73. The molecule has 0 aliphatic rings. The molecule has 0 bridgehead atoms. The molecule has 0 saturated carbocycles. The third kappa shape index (κ3) is 5.26. The number of rotatable bonds is 6. The Morgan fingerprint density at radius 1 is 1.62 bits per heavy atom. The maximum atomic E-state index is 10.9. The predicted molar refractivity (Wildman–Crippen MR) is 53.9 cm³/mol. The van der Waals surface area contributed by atoms with Gasteiger partial charge in [0.1, 0.15) is 0 Å². The number of hydrogen-bond donors (Lipinski definition) is 2. The maximum Gasteiger partial charge on any atom is 0.224 e. The Balaban J connectivity index is 3.53. The van der Waals surface area contributed by atoms with Gasteiger partial charge in [0.25, 0.3) is 0 Å². The van der Waals surface area contributed by atoms with E-state index in [0.29, 0.717) is 6.54 Å². The van der Waals surface area contributed by atoms with Gasteiger partial charge in [0.15, 0.2) is 0 Å². The van der Waals surface area contributed by atoms with Gasteiger partial charge in [-0.15, -0.1) is 12.3 Å². The summed E-state index contributed by atoms with van der Waals surface area (Å²) in [7, 11) is 0. The Morgan fingerprint density at radius 3 is 2.69 bits per heavy atom. The molecule has 0 aliphatic carbocycles. The highest BCUT2D eigenvalue weighted by molar-refractivity contribution is 5.80. The van der Waals surface area contributed by atoms with E-state index >= 15 is 0 Å². The van der Waals surface area contributed by atoms with Crippen LogP contribution in [0.15, 0.2) is 0 Å². The Labute approximate surface area is 80.1 Å². The molecule has 1 amide bonds. The van der Waals surface area contributed by atoms with Gasteiger partial charge < -0.3 is 11.1 Å². The van der Waals surface area contributed by atoms with Crippen molar-refractivity contribution in [1.82, 2.24) is 5.32 Å². The van der Waals surface area contributed by atoms with E-state index < -0.39 is 5.41 Å². The van der Waals surface area contributed by atoms with Crippen molar-refractivity contribution in [2.45, 2.75) is 26.7 Å². The standard InChI is InChI=1S/C10H18N2O/c1-4-5-6-7-12-8-10(2,3)9(11)13/h1,12H,5-8H2,2-3H3,(H2,11,13). The average molecular weight is 182 g/mol. The van der Waals surface area contributed by atoms with Gasteiger partial charge in [-0.3, -0.25) is 4.79 Å². The molecule has 3 N–H and O–H groups in total. The number of nitrogens with two attached hydrogens (primary N) is 1. The van der Waals surface area contributed by atoms with Gasteiger partial charge in [0.2, 0.25) is 5.91 Å². The third-order valence-corrected chi connectivity index (χ3v) is 1.91. The minimum absolute atomic E-state index is 0.281. The first-order valence-electron chi connectivity index (χ1n) is 4.45. The Bertz CT molecular complexity index is 203. The van der Waals surface area contributed by atoms with E-state index in [4.69, 9.17) is 12.2 Å². The van der Waals surface area contributed by atoms with Gasteiger partial charge in [-0.1, -0.05) is 0 Å². The van der Waals surface area contributed by atoms with Crippen molar-refractivity contribution in [2.24, 2.45) is 11.1 Å². The summed E-state index contributed by atoms with van der Waals surface area (Å²) in [4.78, 5) is 10.9. The van der Waals surface area contributed by atoms with Crippen molar-refractivity contribution in [2.75, 3.05) is 13.1 Å². The SMILES string of the molecule is C#CCCCNCC(C)(C)C(N)=O. The molecular weight excluding hydrogens is 164 g/mol. The summed E-state index contributed by atoms with van der Waals surface area (Å²) in [5.74, 6) is 2.28. The second-order valence-corrected chi connectivity index (χ2v) is 3.73. The molecule has 0 saturated heterocycles. The van der Waals surface area contributed by atoms with Gasteiger partial charge in [-0.05, 0) is 26.8 Å². The van der Waals surface area contributed by atoms with Gasteiger partial charge >= 0.3 is 0 Å². The lowest BCUT2D eigenvalue weighted by atomic mass is 9.93. The van der Waals surface area contributed by atoms with E-state index in [0.717, 1.165) is 19.4 Å². The first kappa shape index (κ1) is 12.0. The molecule has 0 aromatic heterocycles. The molecule has 0 aliphatic heterocycles. The fourth-order valence-electron chi connectivity index (χ4n) is 0.803. The Kier molecular flexibility index (Phi) is 5.17. The van der Waals surface area contributed by atoms with Gasteiger partial charge in [0, 0.05) is 13.0 Å². The van der Waals surface area contributed by atoms with Crippen LogP contribution in [-0.2, 0) is 4.79 Å². The number of primary amides is 1. The number of terminal acetylenes is 1. The van der Waals surface area contributed by atoms with Crippen molar-refractivity contribution in [3.63, 3.8) is 0 Å². The Morgan fingerprint density at radius 2 is 2.23 bits per heavy atom. The maximum absolute atomic E-state index is 10.9. The molecule has 0 radical (unpaired) electrons. The summed E-state index contributed by atoms with van der Waals surface area (Å²) < 4.78 is 0. The van der Waals surface area contributed by atoms with Crippen molar-refractivity contribution in [3.8, 4) is 12.3 Å². The second kappa shape index (κ2) is 5.60. The number of nitrogens with one attached hydrogen (secondary N) is 1. The average Bonchev–Trinajstić information content (AvgIpc) is 2.03. The molecule has 0 rings (SSSR count).